The molecule has 0 bridgehead atoms. The van der Waals surface area contributed by atoms with Gasteiger partial charge in [0.25, 0.3) is 5.91 Å². The van der Waals surface area contributed by atoms with Crippen LogP contribution in [0.4, 0.5) is 0 Å². The minimum Gasteiger partial charge on any atom is -0.345 e. The second kappa shape index (κ2) is 6.30. The number of hydrogen-bond acceptors (Lipinski definition) is 4. The molecule has 3 aromatic rings. The van der Waals surface area contributed by atoms with Crippen molar-refractivity contribution in [3.05, 3.63) is 59.1 Å². The van der Waals surface area contributed by atoms with E-state index >= 15 is 0 Å². The second-order valence-electron chi connectivity index (χ2n) is 5.45. The lowest BCUT2D eigenvalue weighted by molar-refractivity contribution is 0.0827. The van der Waals surface area contributed by atoms with Crippen LogP contribution in [0.3, 0.4) is 0 Å². The average molecular weight is 323 g/mol. The average Bonchev–Trinajstić information content (AvgIpc) is 3.00. The summed E-state index contributed by atoms with van der Waals surface area (Å²) in [5.74, 6) is 0.00424. The molecule has 1 aromatic heterocycles. The van der Waals surface area contributed by atoms with Crippen molar-refractivity contribution < 1.29 is 4.79 Å². The zero-order chi connectivity index (χ0) is 16.4. The van der Waals surface area contributed by atoms with E-state index in [2.05, 4.69) is 16.3 Å². The Labute approximate surface area is 139 Å². The summed E-state index contributed by atoms with van der Waals surface area (Å²) in [5.41, 5.74) is 3.89. The summed E-state index contributed by atoms with van der Waals surface area (Å²) in [6.45, 7) is 1.95. The summed E-state index contributed by atoms with van der Waals surface area (Å²) >= 11 is 1.58. The van der Waals surface area contributed by atoms with E-state index in [0.29, 0.717) is 5.56 Å². The number of amides is 1. The van der Waals surface area contributed by atoms with Crippen LogP contribution in [0.2, 0.25) is 0 Å². The number of rotatable bonds is 3. The fourth-order valence-electron chi connectivity index (χ4n) is 2.38. The van der Waals surface area contributed by atoms with Crippen LogP contribution in [0.1, 0.15) is 15.4 Å². The molecule has 0 spiro atoms. The molecule has 116 valence electrons. The number of benzene rings is 2. The maximum atomic E-state index is 12.0. The van der Waals surface area contributed by atoms with Crippen molar-refractivity contribution in [2.24, 2.45) is 0 Å². The number of hydrogen-bond donors (Lipinski definition) is 0. The van der Waals surface area contributed by atoms with Gasteiger partial charge in [-0.1, -0.05) is 47.7 Å². The van der Waals surface area contributed by atoms with Crippen molar-refractivity contribution in [1.82, 2.24) is 15.1 Å². The molecule has 3 rings (SSSR count). The maximum absolute atomic E-state index is 12.0. The van der Waals surface area contributed by atoms with E-state index in [9.17, 15) is 4.79 Å². The Kier molecular flexibility index (Phi) is 4.21. The largest absolute Gasteiger partial charge is 0.345 e. The second-order valence-corrected chi connectivity index (χ2v) is 6.63. The van der Waals surface area contributed by atoms with Crippen LogP contribution in [-0.4, -0.2) is 35.1 Å². The first-order chi connectivity index (χ1) is 11.1. The van der Waals surface area contributed by atoms with Gasteiger partial charge in [-0.25, -0.2) is 0 Å². The van der Waals surface area contributed by atoms with Crippen LogP contribution < -0.4 is 0 Å². The summed E-state index contributed by atoms with van der Waals surface area (Å²) in [6, 6.07) is 15.8. The smallest absolute Gasteiger partial charge is 0.253 e. The van der Waals surface area contributed by atoms with Gasteiger partial charge in [0.2, 0.25) is 0 Å². The third kappa shape index (κ3) is 3.14. The molecule has 0 N–H and O–H groups in total. The van der Waals surface area contributed by atoms with Gasteiger partial charge in [-0.2, -0.15) is 0 Å². The van der Waals surface area contributed by atoms with E-state index in [1.807, 2.05) is 49.4 Å². The lowest BCUT2D eigenvalue weighted by Gasteiger charge is -2.11. The molecule has 0 aliphatic rings. The van der Waals surface area contributed by atoms with Crippen LogP contribution in [0, 0.1) is 6.92 Å². The highest BCUT2D eigenvalue weighted by Crippen LogP contribution is 2.33. The number of aromatic nitrogens is 2. The van der Waals surface area contributed by atoms with E-state index < -0.39 is 0 Å². The summed E-state index contributed by atoms with van der Waals surface area (Å²) < 4.78 is 0. The molecule has 0 radical (unpaired) electrons. The number of carbonyl (C=O) groups excluding carboxylic acids is 1. The standard InChI is InChI=1S/C18H17N3OS/c1-12-19-20-17(23-12)16-7-5-4-6-15(16)13-8-10-14(11-9-13)18(22)21(2)3/h4-11H,1-3H3. The zero-order valence-electron chi connectivity index (χ0n) is 13.3. The lowest BCUT2D eigenvalue weighted by Crippen LogP contribution is -2.21. The van der Waals surface area contributed by atoms with Gasteiger partial charge in [0.05, 0.1) is 0 Å². The first-order valence-corrected chi connectivity index (χ1v) is 8.09. The summed E-state index contributed by atoms with van der Waals surface area (Å²) in [5, 5.41) is 10.2. The highest BCUT2D eigenvalue weighted by atomic mass is 32.1. The number of nitrogens with zero attached hydrogens (tertiary/aromatic N) is 3. The molecule has 0 aliphatic carbocycles. The van der Waals surface area contributed by atoms with Crippen molar-refractivity contribution in [1.29, 1.82) is 0 Å². The fraction of sp³-hybridized carbons (Fsp3) is 0.167. The SMILES string of the molecule is Cc1nnc(-c2ccccc2-c2ccc(C(=O)N(C)C)cc2)s1. The molecule has 1 amide bonds. The molecule has 23 heavy (non-hydrogen) atoms. The van der Waals surface area contributed by atoms with Crippen molar-refractivity contribution in [2.45, 2.75) is 6.92 Å². The molecular weight excluding hydrogens is 306 g/mol. The van der Waals surface area contributed by atoms with Crippen molar-refractivity contribution >= 4 is 17.2 Å². The van der Waals surface area contributed by atoms with E-state index in [4.69, 9.17) is 0 Å². The highest BCUT2D eigenvalue weighted by molar-refractivity contribution is 7.14. The first-order valence-electron chi connectivity index (χ1n) is 7.28. The Morgan fingerprint density at radius 3 is 2.17 bits per heavy atom. The Bertz CT molecular complexity index is 837. The number of carbonyl (C=O) groups is 1. The highest BCUT2D eigenvalue weighted by Gasteiger charge is 2.12. The Hall–Kier alpha value is -2.53. The van der Waals surface area contributed by atoms with Gasteiger partial charge in [-0.3, -0.25) is 4.79 Å². The van der Waals surface area contributed by atoms with Crippen molar-refractivity contribution in [3.63, 3.8) is 0 Å². The third-order valence-electron chi connectivity index (χ3n) is 3.53. The molecule has 0 saturated heterocycles. The van der Waals surface area contributed by atoms with Gasteiger partial charge in [0.1, 0.15) is 10.0 Å². The number of aryl methyl sites for hydroxylation is 1. The molecule has 0 saturated carbocycles. The first kappa shape index (κ1) is 15.4. The minimum atomic E-state index is 0.00424. The van der Waals surface area contributed by atoms with E-state index in [1.165, 1.54) is 0 Å². The summed E-state index contributed by atoms with van der Waals surface area (Å²) in [6.07, 6.45) is 0. The summed E-state index contributed by atoms with van der Waals surface area (Å²) in [7, 11) is 3.51. The molecule has 0 unspecified atom stereocenters. The normalized spacial score (nSPS) is 10.6. The lowest BCUT2D eigenvalue weighted by atomic mass is 9.99. The quantitative estimate of drug-likeness (QED) is 0.735. The van der Waals surface area contributed by atoms with Crippen LogP contribution in [0.15, 0.2) is 48.5 Å². The van der Waals surface area contributed by atoms with Crippen molar-refractivity contribution in [3.8, 4) is 21.7 Å². The van der Waals surface area contributed by atoms with Gasteiger partial charge in [0.15, 0.2) is 0 Å². The van der Waals surface area contributed by atoms with Crippen LogP contribution in [-0.2, 0) is 0 Å². The summed E-state index contributed by atoms with van der Waals surface area (Å²) in [4.78, 5) is 13.6. The molecule has 1 heterocycles. The molecule has 2 aromatic carbocycles. The predicted molar refractivity (Wildman–Crippen MR) is 93.5 cm³/mol. The predicted octanol–water partition coefficient (Wildman–Crippen LogP) is 3.88. The van der Waals surface area contributed by atoms with Crippen molar-refractivity contribution in [2.75, 3.05) is 14.1 Å². The Balaban J connectivity index is 2.01. The molecule has 0 atom stereocenters. The monoisotopic (exact) mass is 323 g/mol. The van der Waals surface area contributed by atoms with Crippen LogP contribution >= 0.6 is 11.3 Å². The van der Waals surface area contributed by atoms with Crippen LogP contribution in [0.25, 0.3) is 21.7 Å². The van der Waals surface area contributed by atoms with Gasteiger partial charge in [0, 0.05) is 25.2 Å². The van der Waals surface area contributed by atoms with E-state index in [-0.39, 0.29) is 5.91 Å². The van der Waals surface area contributed by atoms with Gasteiger partial charge >= 0.3 is 0 Å². The van der Waals surface area contributed by atoms with Crippen LogP contribution in [0.5, 0.6) is 0 Å². The maximum Gasteiger partial charge on any atom is 0.253 e. The Morgan fingerprint density at radius 1 is 0.957 bits per heavy atom. The van der Waals surface area contributed by atoms with Gasteiger partial charge < -0.3 is 4.90 Å². The topological polar surface area (TPSA) is 46.1 Å². The Morgan fingerprint density at radius 2 is 1.61 bits per heavy atom. The minimum absolute atomic E-state index is 0.00424. The van der Waals surface area contributed by atoms with E-state index in [1.54, 1.807) is 30.3 Å². The molecule has 5 heteroatoms. The molecule has 0 fully saturated rings. The third-order valence-corrected chi connectivity index (χ3v) is 4.40. The molecule has 0 aliphatic heterocycles. The van der Waals surface area contributed by atoms with Gasteiger partial charge in [-0.15, -0.1) is 10.2 Å². The fourth-order valence-corrected chi connectivity index (χ4v) is 3.11. The molecule has 4 nitrogen and oxygen atoms in total. The van der Waals surface area contributed by atoms with E-state index in [0.717, 1.165) is 26.7 Å². The molecular formula is C18H17N3OS. The van der Waals surface area contributed by atoms with Gasteiger partial charge in [-0.05, 0) is 30.2 Å². The zero-order valence-corrected chi connectivity index (χ0v) is 14.1.